The van der Waals surface area contributed by atoms with E-state index >= 15 is 0 Å². The van der Waals surface area contributed by atoms with Crippen LogP contribution in [0.5, 0.6) is 0 Å². The molecule has 0 unspecified atom stereocenters. The summed E-state index contributed by atoms with van der Waals surface area (Å²) in [5, 5.41) is 18.2. The summed E-state index contributed by atoms with van der Waals surface area (Å²) in [6.45, 7) is 2.71. The molecule has 0 radical (unpaired) electrons. The number of anilines is 2. The number of nitrogens with zero attached hydrogens (tertiary/aromatic N) is 7. The summed E-state index contributed by atoms with van der Waals surface area (Å²) in [7, 11) is 3.76. The molecular weight excluding hydrogens is 432 g/mol. The summed E-state index contributed by atoms with van der Waals surface area (Å²) >= 11 is 0. The minimum absolute atomic E-state index is 0.0918. The minimum Gasteiger partial charge on any atom is -0.390 e. The quantitative estimate of drug-likeness (QED) is 0.417. The lowest BCUT2D eigenvalue weighted by molar-refractivity contribution is -0.131. The van der Waals surface area contributed by atoms with Gasteiger partial charge in [0, 0.05) is 49.9 Å². The van der Waals surface area contributed by atoms with Gasteiger partial charge < -0.3 is 24.5 Å². The number of imidazole rings is 1. The number of aliphatic hydroxyl groups excluding tert-OH is 1. The van der Waals surface area contributed by atoms with E-state index in [0.29, 0.717) is 42.4 Å². The second kappa shape index (κ2) is 7.83. The molecule has 0 aliphatic heterocycles. The summed E-state index contributed by atoms with van der Waals surface area (Å²) in [6.07, 6.45) is 6.71. The van der Waals surface area contributed by atoms with E-state index in [1.165, 1.54) is 0 Å². The summed E-state index contributed by atoms with van der Waals surface area (Å²) in [5.41, 5.74) is 4.23. The molecule has 10 nitrogen and oxygen atoms in total. The highest BCUT2D eigenvalue weighted by atomic mass is 16.3. The summed E-state index contributed by atoms with van der Waals surface area (Å²) < 4.78 is 5.77. The number of carbonyl (C=O) groups excluding carboxylic acids is 1. The van der Waals surface area contributed by atoms with Gasteiger partial charge in [-0.15, -0.1) is 0 Å². The van der Waals surface area contributed by atoms with Crippen LogP contribution in [0.25, 0.3) is 22.1 Å². The molecule has 10 heteroatoms. The Morgan fingerprint density at radius 2 is 1.91 bits per heavy atom. The van der Waals surface area contributed by atoms with E-state index in [9.17, 15) is 9.90 Å². The van der Waals surface area contributed by atoms with E-state index in [-0.39, 0.29) is 12.5 Å². The molecule has 6 rings (SSSR count). The Morgan fingerprint density at radius 3 is 2.53 bits per heavy atom. The van der Waals surface area contributed by atoms with Gasteiger partial charge >= 0.3 is 0 Å². The Hall–Kier alpha value is -3.40. The number of aromatic nitrogens is 6. The van der Waals surface area contributed by atoms with E-state index < -0.39 is 0 Å². The standard InChI is InChI=1S/C24H30N8O2/c1-4-31-16(11-20(34)32(14-5-6-14)15-7-8-15)9-18-22-21(25-13-29(22)2)23(27-24(18)31)26-19-10-17(12-33)30(3)28-19/h9-10,13-15,33H,4-8,11-12H2,1-3H3,(H,26,27,28). The van der Waals surface area contributed by atoms with Crippen molar-refractivity contribution in [2.75, 3.05) is 5.32 Å². The largest absolute Gasteiger partial charge is 0.390 e. The third-order valence-corrected chi connectivity index (χ3v) is 6.99. The maximum atomic E-state index is 13.3. The molecule has 4 heterocycles. The van der Waals surface area contributed by atoms with Crippen LogP contribution in [-0.2, 0) is 38.5 Å². The van der Waals surface area contributed by atoms with Crippen LogP contribution in [0.2, 0.25) is 0 Å². The summed E-state index contributed by atoms with van der Waals surface area (Å²) in [5.74, 6) is 1.43. The highest BCUT2D eigenvalue weighted by Crippen LogP contribution is 2.38. The molecule has 178 valence electrons. The van der Waals surface area contributed by atoms with Gasteiger partial charge in [0.05, 0.1) is 30.6 Å². The van der Waals surface area contributed by atoms with E-state index in [4.69, 9.17) is 4.98 Å². The highest BCUT2D eigenvalue weighted by Gasteiger charge is 2.42. The second-order valence-electron chi connectivity index (χ2n) is 9.50. The van der Waals surface area contributed by atoms with Gasteiger partial charge in [-0.25, -0.2) is 9.97 Å². The average Bonchev–Trinajstić information content (AvgIpc) is 3.72. The minimum atomic E-state index is -0.0918. The maximum absolute atomic E-state index is 13.3. The smallest absolute Gasteiger partial charge is 0.229 e. The van der Waals surface area contributed by atoms with Crippen molar-refractivity contribution in [2.45, 2.75) is 64.3 Å². The van der Waals surface area contributed by atoms with E-state index in [1.54, 1.807) is 24.1 Å². The number of hydrogen-bond acceptors (Lipinski definition) is 6. The Balaban J connectivity index is 1.43. The fourth-order valence-electron chi connectivity index (χ4n) is 5.05. The Labute approximate surface area is 197 Å². The molecule has 0 atom stereocenters. The summed E-state index contributed by atoms with van der Waals surface area (Å²) in [4.78, 5) is 25.0. The fourth-order valence-corrected chi connectivity index (χ4v) is 5.05. The zero-order chi connectivity index (χ0) is 23.6. The Bertz CT molecular complexity index is 1390. The van der Waals surface area contributed by atoms with Gasteiger partial charge in [0.2, 0.25) is 5.91 Å². The zero-order valence-electron chi connectivity index (χ0n) is 19.8. The lowest BCUT2D eigenvalue weighted by Crippen LogP contribution is -2.36. The molecule has 2 saturated carbocycles. The number of aryl methyl sites for hydroxylation is 3. The SMILES string of the molecule is CCn1c(CC(=O)N(C2CC2)C2CC2)cc2c3c(ncn3C)c(Nc3cc(CO)n(C)n3)nc21. The van der Waals surface area contributed by atoms with Crippen LogP contribution in [0.3, 0.4) is 0 Å². The van der Waals surface area contributed by atoms with Gasteiger partial charge in [-0.05, 0) is 38.7 Å². The number of nitrogens with one attached hydrogen (secondary N) is 1. The molecule has 2 aliphatic carbocycles. The molecule has 0 spiro atoms. The third-order valence-electron chi connectivity index (χ3n) is 6.99. The van der Waals surface area contributed by atoms with Gasteiger partial charge in [-0.2, -0.15) is 5.10 Å². The van der Waals surface area contributed by atoms with Crippen molar-refractivity contribution in [3.63, 3.8) is 0 Å². The van der Waals surface area contributed by atoms with Gasteiger partial charge in [-0.1, -0.05) is 0 Å². The van der Waals surface area contributed by atoms with Gasteiger partial charge in [-0.3, -0.25) is 9.48 Å². The molecule has 4 aromatic rings. The Kier molecular flexibility index (Phi) is 4.87. The monoisotopic (exact) mass is 462 g/mol. The Morgan fingerprint density at radius 1 is 1.18 bits per heavy atom. The van der Waals surface area contributed by atoms with Crippen LogP contribution in [0, 0.1) is 0 Å². The van der Waals surface area contributed by atoms with Crippen LogP contribution < -0.4 is 5.32 Å². The lowest BCUT2D eigenvalue weighted by atomic mass is 10.2. The fraction of sp³-hybridized carbons (Fsp3) is 0.500. The van der Waals surface area contributed by atoms with E-state index in [2.05, 4.69) is 37.9 Å². The molecule has 34 heavy (non-hydrogen) atoms. The lowest BCUT2D eigenvalue weighted by Gasteiger charge is -2.22. The normalized spacial score (nSPS) is 16.0. The molecule has 1 amide bonds. The summed E-state index contributed by atoms with van der Waals surface area (Å²) in [6, 6.07) is 4.80. The van der Waals surface area contributed by atoms with Crippen molar-refractivity contribution in [1.82, 2.24) is 33.8 Å². The van der Waals surface area contributed by atoms with Crippen LogP contribution in [0.4, 0.5) is 11.6 Å². The first-order chi connectivity index (χ1) is 16.5. The first-order valence-corrected chi connectivity index (χ1v) is 12.0. The van der Waals surface area contributed by atoms with Gasteiger partial charge in [0.1, 0.15) is 11.2 Å². The van der Waals surface area contributed by atoms with Crippen molar-refractivity contribution < 1.29 is 9.90 Å². The van der Waals surface area contributed by atoms with Gasteiger partial charge in [0.15, 0.2) is 11.6 Å². The van der Waals surface area contributed by atoms with Crippen LogP contribution >= 0.6 is 0 Å². The molecule has 2 aliphatic rings. The predicted molar refractivity (Wildman–Crippen MR) is 129 cm³/mol. The van der Waals surface area contributed by atoms with Crippen LogP contribution in [-0.4, -0.2) is 56.9 Å². The molecule has 0 saturated heterocycles. The topological polar surface area (TPSA) is 106 Å². The second-order valence-corrected chi connectivity index (χ2v) is 9.50. The van der Waals surface area contributed by atoms with Crippen LogP contribution in [0.1, 0.15) is 44.0 Å². The first-order valence-electron chi connectivity index (χ1n) is 12.0. The average molecular weight is 463 g/mol. The number of carbonyl (C=O) groups is 1. The number of fused-ring (bicyclic) bond motifs is 3. The molecular formula is C24H30N8O2. The van der Waals surface area contributed by atoms with Crippen molar-refractivity contribution in [3.05, 3.63) is 29.8 Å². The number of hydrogen-bond donors (Lipinski definition) is 2. The van der Waals surface area contributed by atoms with Crippen molar-refractivity contribution in [3.8, 4) is 0 Å². The highest BCUT2D eigenvalue weighted by molar-refractivity contribution is 6.07. The third kappa shape index (κ3) is 3.44. The number of aliphatic hydroxyl groups is 1. The van der Waals surface area contributed by atoms with Crippen molar-refractivity contribution >= 4 is 39.6 Å². The zero-order valence-corrected chi connectivity index (χ0v) is 19.8. The van der Waals surface area contributed by atoms with Gasteiger partial charge in [0.25, 0.3) is 0 Å². The molecule has 2 fully saturated rings. The molecule has 4 aromatic heterocycles. The predicted octanol–water partition coefficient (Wildman–Crippen LogP) is 2.61. The van der Waals surface area contributed by atoms with Crippen molar-refractivity contribution in [1.29, 1.82) is 0 Å². The number of rotatable bonds is 8. The molecule has 2 N–H and O–H groups in total. The maximum Gasteiger partial charge on any atom is 0.229 e. The van der Waals surface area contributed by atoms with Crippen molar-refractivity contribution in [2.24, 2.45) is 14.1 Å². The number of amides is 1. The van der Waals surface area contributed by atoms with Crippen LogP contribution in [0.15, 0.2) is 18.5 Å². The molecule has 0 bridgehead atoms. The van der Waals surface area contributed by atoms with E-state index in [1.807, 2.05) is 11.6 Å². The van der Waals surface area contributed by atoms with E-state index in [0.717, 1.165) is 53.4 Å². The molecule has 0 aromatic carbocycles. The number of pyridine rings is 1. The first kappa shape index (κ1) is 21.2.